The van der Waals surface area contributed by atoms with Crippen molar-refractivity contribution >= 4 is 16.8 Å². The van der Waals surface area contributed by atoms with Crippen molar-refractivity contribution in [2.45, 2.75) is 18.9 Å². The van der Waals surface area contributed by atoms with E-state index in [2.05, 4.69) is 15.5 Å². The number of benzene rings is 1. The number of hydrogen-bond donors (Lipinski definition) is 4. The minimum absolute atomic E-state index is 0.0517. The van der Waals surface area contributed by atoms with Crippen molar-refractivity contribution in [2.75, 3.05) is 20.3 Å². The number of methoxy groups -OCH3 is 1. The summed E-state index contributed by atoms with van der Waals surface area (Å²) in [5.74, 6) is 0.389. The smallest absolute Gasteiger partial charge is 0.272 e. The first-order valence-electron chi connectivity index (χ1n) is 7.15. The van der Waals surface area contributed by atoms with Crippen molar-refractivity contribution in [3.05, 3.63) is 23.9 Å². The molecule has 1 aliphatic rings. The molecule has 2 aromatic rings. The number of aromatic nitrogens is 2. The van der Waals surface area contributed by atoms with E-state index in [1.807, 2.05) is 6.07 Å². The second-order valence-electron chi connectivity index (χ2n) is 5.88. The van der Waals surface area contributed by atoms with Crippen LogP contribution in [0, 0.1) is 5.41 Å². The van der Waals surface area contributed by atoms with Gasteiger partial charge < -0.3 is 20.3 Å². The number of amides is 1. The van der Waals surface area contributed by atoms with Gasteiger partial charge in [0, 0.05) is 16.8 Å². The minimum atomic E-state index is -0.463. The molecule has 118 valence electrons. The number of carbonyl (C=O) groups is 1. The number of carbonyl (C=O) groups excluding carboxylic acids is 1. The van der Waals surface area contributed by atoms with Crippen LogP contribution in [0.3, 0.4) is 0 Å². The Morgan fingerprint density at radius 2 is 2.18 bits per heavy atom. The zero-order valence-corrected chi connectivity index (χ0v) is 12.3. The summed E-state index contributed by atoms with van der Waals surface area (Å²) in [6.45, 7) is -0.142. The van der Waals surface area contributed by atoms with Crippen molar-refractivity contribution in [1.29, 1.82) is 0 Å². The number of ether oxygens (including phenoxy) is 1. The van der Waals surface area contributed by atoms with Crippen LogP contribution in [-0.4, -0.2) is 52.7 Å². The first kappa shape index (κ1) is 14.8. The maximum Gasteiger partial charge on any atom is 0.272 e. The molecule has 7 heteroatoms. The largest absolute Gasteiger partial charge is 0.497 e. The third-order valence-corrected chi connectivity index (χ3v) is 4.35. The number of hydrogen-bond acceptors (Lipinski definition) is 5. The van der Waals surface area contributed by atoms with E-state index < -0.39 is 5.41 Å². The molecule has 1 fully saturated rings. The molecule has 0 saturated heterocycles. The highest BCUT2D eigenvalue weighted by Crippen LogP contribution is 2.40. The summed E-state index contributed by atoms with van der Waals surface area (Å²) in [5.41, 5.74) is 0.619. The van der Waals surface area contributed by atoms with E-state index >= 15 is 0 Å². The molecule has 0 atom stereocenters. The third-order valence-electron chi connectivity index (χ3n) is 4.35. The molecule has 0 radical (unpaired) electrons. The molecule has 1 saturated carbocycles. The summed E-state index contributed by atoms with van der Waals surface area (Å²) in [6, 6.07) is 5.32. The van der Waals surface area contributed by atoms with Crippen molar-refractivity contribution in [1.82, 2.24) is 15.5 Å². The topological polar surface area (TPSA) is 107 Å². The first-order valence-corrected chi connectivity index (χ1v) is 7.15. The van der Waals surface area contributed by atoms with Crippen molar-refractivity contribution < 1.29 is 19.7 Å². The molecule has 1 amide bonds. The second-order valence-corrected chi connectivity index (χ2v) is 5.88. The van der Waals surface area contributed by atoms with Gasteiger partial charge in [-0.15, -0.1) is 0 Å². The molecule has 0 unspecified atom stereocenters. The molecular formula is C15H19N3O4. The Kier molecular flexibility index (Phi) is 3.76. The Labute approximate surface area is 127 Å². The van der Waals surface area contributed by atoms with Gasteiger partial charge in [-0.2, -0.15) is 5.10 Å². The minimum Gasteiger partial charge on any atom is -0.497 e. The van der Waals surface area contributed by atoms with Crippen molar-refractivity contribution in [3.8, 4) is 5.75 Å². The number of nitrogens with zero attached hydrogens (tertiary/aromatic N) is 1. The number of nitrogens with one attached hydrogen (secondary N) is 2. The van der Waals surface area contributed by atoms with Gasteiger partial charge in [-0.1, -0.05) is 0 Å². The highest BCUT2D eigenvalue weighted by molar-refractivity contribution is 6.05. The lowest BCUT2D eigenvalue weighted by atomic mass is 9.66. The SMILES string of the molecule is COc1ccc2[nH]nc(C(=O)NC3CC(CO)(CO)C3)c2c1. The van der Waals surface area contributed by atoms with Gasteiger partial charge >= 0.3 is 0 Å². The van der Waals surface area contributed by atoms with Gasteiger partial charge in [0.05, 0.1) is 25.8 Å². The number of aromatic amines is 1. The summed E-state index contributed by atoms with van der Waals surface area (Å²) < 4.78 is 5.17. The Hall–Kier alpha value is -2.12. The zero-order chi connectivity index (χ0) is 15.7. The molecule has 1 aromatic heterocycles. The van der Waals surface area contributed by atoms with E-state index in [4.69, 9.17) is 4.74 Å². The average Bonchev–Trinajstić information content (AvgIpc) is 2.93. The number of rotatable bonds is 5. The predicted octanol–water partition coefficient (Wildman–Crippen LogP) is 0.435. The lowest BCUT2D eigenvalue weighted by molar-refractivity contribution is -0.0300. The number of H-pyrrole nitrogens is 1. The van der Waals surface area contributed by atoms with Crippen LogP contribution in [-0.2, 0) is 0 Å². The van der Waals surface area contributed by atoms with Crippen LogP contribution in [0.2, 0.25) is 0 Å². The molecule has 1 aliphatic carbocycles. The van der Waals surface area contributed by atoms with Crippen LogP contribution in [0.4, 0.5) is 0 Å². The summed E-state index contributed by atoms with van der Waals surface area (Å²) >= 11 is 0. The number of fused-ring (bicyclic) bond motifs is 1. The van der Waals surface area contributed by atoms with E-state index in [1.165, 1.54) is 0 Å². The summed E-state index contributed by atoms with van der Waals surface area (Å²) in [6.07, 6.45) is 1.13. The van der Waals surface area contributed by atoms with E-state index in [9.17, 15) is 15.0 Å². The molecule has 1 heterocycles. The zero-order valence-electron chi connectivity index (χ0n) is 12.3. The molecule has 22 heavy (non-hydrogen) atoms. The summed E-state index contributed by atoms with van der Waals surface area (Å²) in [5, 5.41) is 29.0. The van der Waals surface area contributed by atoms with Gasteiger partial charge in [-0.3, -0.25) is 9.89 Å². The molecule has 0 aliphatic heterocycles. The highest BCUT2D eigenvalue weighted by Gasteiger charge is 2.44. The van der Waals surface area contributed by atoms with Gasteiger partial charge in [-0.05, 0) is 31.0 Å². The average molecular weight is 305 g/mol. The van der Waals surface area contributed by atoms with E-state index in [0.717, 1.165) is 5.52 Å². The van der Waals surface area contributed by atoms with Gasteiger partial charge in [0.1, 0.15) is 5.75 Å². The molecule has 3 rings (SSSR count). The number of aliphatic hydroxyl groups excluding tert-OH is 2. The van der Waals surface area contributed by atoms with Crippen molar-refractivity contribution in [3.63, 3.8) is 0 Å². The van der Waals surface area contributed by atoms with Crippen LogP contribution < -0.4 is 10.1 Å². The molecule has 7 nitrogen and oxygen atoms in total. The lowest BCUT2D eigenvalue weighted by Gasteiger charge is -2.45. The monoisotopic (exact) mass is 305 g/mol. The van der Waals surface area contributed by atoms with Crippen LogP contribution in [0.15, 0.2) is 18.2 Å². The fraction of sp³-hybridized carbons (Fsp3) is 0.467. The molecular weight excluding hydrogens is 286 g/mol. The molecule has 0 spiro atoms. The molecule has 4 N–H and O–H groups in total. The Morgan fingerprint density at radius 1 is 1.45 bits per heavy atom. The fourth-order valence-electron chi connectivity index (χ4n) is 2.94. The van der Waals surface area contributed by atoms with Crippen molar-refractivity contribution in [2.24, 2.45) is 5.41 Å². The summed E-state index contributed by atoms with van der Waals surface area (Å²) in [7, 11) is 1.57. The summed E-state index contributed by atoms with van der Waals surface area (Å²) in [4.78, 5) is 12.4. The Morgan fingerprint density at radius 3 is 2.82 bits per heavy atom. The molecule has 0 bridgehead atoms. The van der Waals surface area contributed by atoms with Gasteiger partial charge in [0.2, 0.25) is 0 Å². The standard InChI is InChI=1S/C15H19N3O4/c1-22-10-2-3-12-11(4-10)13(18-17-12)14(21)16-9-5-15(6-9,7-19)8-20/h2-4,9,19-20H,5-8H2,1H3,(H,16,21)(H,17,18). The quantitative estimate of drug-likeness (QED) is 0.641. The lowest BCUT2D eigenvalue weighted by Crippen LogP contribution is -2.54. The van der Waals surface area contributed by atoms with Gasteiger partial charge in [0.15, 0.2) is 5.69 Å². The Bertz CT molecular complexity index is 685. The van der Waals surface area contributed by atoms with E-state index in [0.29, 0.717) is 29.7 Å². The predicted molar refractivity (Wildman–Crippen MR) is 79.7 cm³/mol. The number of aliphatic hydroxyl groups is 2. The maximum absolute atomic E-state index is 12.4. The first-order chi connectivity index (χ1) is 10.6. The van der Waals surface area contributed by atoms with Crippen LogP contribution in [0.1, 0.15) is 23.3 Å². The van der Waals surface area contributed by atoms with Gasteiger partial charge in [-0.25, -0.2) is 0 Å². The second kappa shape index (κ2) is 5.58. The third kappa shape index (κ3) is 2.42. The van der Waals surface area contributed by atoms with Crippen LogP contribution in [0.25, 0.3) is 10.9 Å². The van der Waals surface area contributed by atoms with Crippen LogP contribution in [0.5, 0.6) is 5.75 Å². The maximum atomic E-state index is 12.4. The van der Waals surface area contributed by atoms with E-state index in [1.54, 1.807) is 19.2 Å². The van der Waals surface area contributed by atoms with Crippen LogP contribution >= 0.6 is 0 Å². The normalized spacial score (nSPS) is 17.2. The van der Waals surface area contributed by atoms with E-state index in [-0.39, 0.29) is 25.2 Å². The Balaban J connectivity index is 1.74. The molecule has 1 aromatic carbocycles. The van der Waals surface area contributed by atoms with Gasteiger partial charge in [0.25, 0.3) is 5.91 Å². The highest BCUT2D eigenvalue weighted by atomic mass is 16.5. The fourth-order valence-corrected chi connectivity index (χ4v) is 2.94.